The molecular formula is C18H23N3O4S. The first-order valence-corrected chi connectivity index (χ1v) is 9.35. The van der Waals surface area contributed by atoms with Crippen molar-refractivity contribution in [1.82, 2.24) is 13.9 Å². The predicted molar refractivity (Wildman–Crippen MR) is 100 cm³/mol. The molecule has 0 aliphatic heterocycles. The van der Waals surface area contributed by atoms with Crippen LogP contribution in [0.15, 0.2) is 24.4 Å². The monoisotopic (exact) mass is 377 g/mol. The maximum atomic E-state index is 12.9. The van der Waals surface area contributed by atoms with Gasteiger partial charge in [0.2, 0.25) is 11.7 Å². The minimum atomic E-state index is -0.401. The third-order valence-corrected chi connectivity index (χ3v) is 4.66. The van der Waals surface area contributed by atoms with E-state index in [0.29, 0.717) is 17.1 Å². The standard InChI is InChI=1S/C18H23N3O4S/c1-12-10-14(11-16(23)25-9-7-19-13(2)22)20(3)17(12)18(24)15-6-5-8-21(15)26-4/h5-6,8,10H,7,9,11H2,1-4H3,(H,19,22). The zero-order chi connectivity index (χ0) is 19.3. The molecule has 7 nitrogen and oxygen atoms in total. The van der Waals surface area contributed by atoms with Gasteiger partial charge in [0.05, 0.1) is 18.7 Å². The molecule has 2 heterocycles. The number of carbonyl (C=O) groups excluding carboxylic acids is 3. The molecule has 1 amide bonds. The van der Waals surface area contributed by atoms with Gasteiger partial charge in [-0.3, -0.25) is 18.4 Å². The molecule has 2 aromatic rings. The Morgan fingerprint density at radius 3 is 2.69 bits per heavy atom. The van der Waals surface area contributed by atoms with E-state index >= 15 is 0 Å². The van der Waals surface area contributed by atoms with Gasteiger partial charge in [0.15, 0.2) is 0 Å². The lowest BCUT2D eigenvalue weighted by molar-refractivity contribution is -0.143. The number of carbonyl (C=O) groups is 3. The number of amides is 1. The van der Waals surface area contributed by atoms with Crippen molar-refractivity contribution in [2.24, 2.45) is 7.05 Å². The molecule has 26 heavy (non-hydrogen) atoms. The molecule has 0 saturated heterocycles. The van der Waals surface area contributed by atoms with Gasteiger partial charge in [-0.15, -0.1) is 0 Å². The number of aromatic nitrogens is 2. The fourth-order valence-corrected chi connectivity index (χ4v) is 3.27. The van der Waals surface area contributed by atoms with Crippen LogP contribution < -0.4 is 5.32 Å². The number of rotatable bonds is 8. The van der Waals surface area contributed by atoms with Gasteiger partial charge in [0, 0.05) is 32.1 Å². The summed E-state index contributed by atoms with van der Waals surface area (Å²) in [5.74, 6) is -0.658. The van der Waals surface area contributed by atoms with E-state index in [1.807, 2.05) is 35.5 Å². The molecule has 0 unspecified atom stereocenters. The zero-order valence-electron chi connectivity index (χ0n) is 15.4. The summed E-state index contributed by atoms with van der Waals surface area (Å²) in [6, 6.07) is 5.44. The zero-order valence-corrected chi connectivity index (χ0v) is 16.2. The highest BCUT2D eigenvalue weighted by Crippen LogP contribution is 2.21. The van der Waals surface area contributed by atoms with Crippen molar-refractivity contribution < 1.29 is 19.1 Å². The van der Waals surface area contributed by atoms with E-state index < -0.39 is 5.97 Å². The molecule has 0 aromatic carbocycles. The molecule has 2 rings (SSSR count). The number of nitrogens with one attached hydrogen (secondary N) is 1. The minimum Gasteiger partial charge on any atom is -0.464 e. The van der Waals surface area contributed by atoms with Gasteiger partial charge >= 0.3 is 5.97 Å². The third kappa shape index (κ3) is 4.57. The van der Waals surface area contributed by atoms with Gasteiger partial charge in [0.25, 0.3) is 0 Å². The summed E-state index contributed by atoms with van der Waals surface area (Å²) in [5, 5.41) is 2.56. The fourth-order valence-electron chi connectivity index (χ4n) is 2.74. The van der Waals surface area contributed by atoms with Crippen LogP contribution in [0.3, 0.4) is 0 Å². The van der Waals surface area contributed by atoms with E-state index in [1.54, 1.807) is 17.7 Å². The second-order valence-corrected chi connectivity index (χ2v) is 6.60. The van der Waals surface area contributed by atoms with Gasteiger partial charge in [-0.25, -0.2) is 0 Å². The first-order valence-electron chi connectivity index (χ1n) is 8.17. The Kier molecular flexibility index (Phi) is 6.68. The van der Waals surface area contributed by atoms with Crippen LogP contribution in [-0.2, 0) is 27.8 Å². The van der Waals surface area contributed by atoms with E-state index in [9.17, 15) is 14.4 Å². The van der Waals surface area contributed by atoms with Crippen molar-refractivity contribution in [3.05, 3.63) is 47.0 Å². The van der Waals surface area contributed by atoms with Gasteiger partial charge in [-0.1, -0.05) is 0 Å². The summed E-state index contributed by atoms with van der Waals surface area (Å²) < 4.78 is 8.66. The fraction of sp³-hybridized carbons (Fsp3) is 0.389. The lowest BCUT2D eigenvalue weighted by Crippen LogP contribution is -2.26. The number of hydrogen-bond acceptors (Lipinski definition) is 5. The summed E-state index contributed by atoms with van der Waals surface area (Å²) >= 11 is 1.45. The molecule has 0 atom stereocenters. The summed E-state index contributed by atoms with van der Waals surface area (Å²) in [6.45, 7) is 3.66. The summed E-state index contributed by atoms with van der Waals surface area (Å²) in [7, 11) is 1.77. The number of hydrogen-bond donors (Lipinski definition) is 1. The Hall–Kier alpha value is -2.48. The van der Waals surface area contributed by atoms with Crippen molar-refractivity contribution in [3.63, 3.8) is 0 Å². The van der Waals surface area contributed by atoms with Crippen LogP contribution in [0.1, 0.15) is 34.4 Å². The lowest BCUT2D eigenvalue weighted by Gasteiger charge is -2.09. The highest BCUT2D eigenvalue weighted by atomic mass is 32.2. The van der Waals surface area contributed by atoms with Gasteiger partial charge in [-0.2, -0.15) is 0 Å². The van der Waals surface area contributed by atoms with Crippen LogP contribution in [0.25, 0.3) is 0 Å². The molecule has 0 spiro atoms. The maximum Gasteiger partial charge on any atom is 0.311 e. The van der Waals surface area contributed by atoms with Crippen LogP contribution in [0.2, 0.25) is 0 Å². The van der Waals surface area contributed by atoms with E-state index in [2.05, 4.69) is 5.32 Å². The molecular weight excluding hydrogens is 354 g/mol. The van der Waals surface area contributed by atoms with Crippen LogP contribution in [0.5, 0.6) is 0 Å². The highest BCUT2D eigenvalue weighted by molar-refractivity contribution is 7.97. The van der Waals surface area contributed by atoms with E-state index in [-0.39, 0.29) is 31.3 Å². The number of ketones is 1. The first-order chi connectivity index (χ1) is 12.3. The van der Waals surface area contributed by atoms with Crippen molar-refractivity contribution >= 4 is 29.6 Å². The highest BCUT2D eigenvalue weighted by Gasteiger charge is 2.22. The average Bonchev–Trinajstić information content (AvgIpc) is 3.16. The van der Waals surface area contributed by atoms with E-state index in [4.69, 9.17) is 4.74 Å². The average molecular weight is 377 g/mol. The Morgan fingerprint density at radius 2 is 2.04 bits per heavy atom. The van der Waals surface area contributed by atoms with Gasteiger partial charge in [0.1, 0.15) is 12.3 Å². The molecule has 0 bridgehead atoms. The summed E-state index contributed by atoms with van der Waals surface area (Å²) in [5.41, 5.74) is 2.66. The molecule has 8 heteroatoms. The van der Waals surface area contributed by atoms with Crippen molar-refractivity contribution in [2.45, 2.75) is 20.3 Å². The third-order valence-electron chi connectivity index (χ3n) is 3.94. The Morgan fingerprint density at radius 1 is 1.31 bits per heavy atom. The van der Waals surface area contributed by atoms with Crippen molar-refractivity contribution in [2.75, 3.05) is 19.4 Å². The lowest BCUT2D eigenvalue weighted by atomic mass is 10.1. The number of aryl methyl sites for hydroxylation is 1. The molecule has 1 N–H and O–H groups in total. The van der Waals surface area contributed by atoms with E-state index in [0.717, 1.165) is 5.56 Å². The molecule has 0 aliphatic rings. The molecule has 0 radical (unpaired) electrons. The van der Waals surface area contributed by atoms with Crippen LogP contribution in [-0.4, -0.2) is 45.6 Å². The molecule has 2 aromatic heterocycles. The summed E-state index contributed by atoms with van der Waals surface area (Å²) in [6.07, 6.45) is 3.80. The van der Waals surface area contributed by atoms with Gasteiger partial charge < -0.3 is 14.6 Å². The normalized spacial score (nSPS) is 10.6. The van der Waals surface area contributed by atoms with Gasteiger partial charge in [-0.05, 0) is 42.6 Å². The SMILES string of the molecule is CSn1cccc1C(=O)c1c(C)cc(CC(=O)OCCNC(C)=O)n1C. The molecule has 0 fully saturated rings. The molecule has 0 aliphatic carbocycles. The molecule has 140 valence electrons. The Labute approximate surface area is 156 Å². The van der Waals surface area contributed by atoms with Crippen molar-refractivity contribution in [1.29, 1.82) is 0 Å². The smallest absolute Gasteiger partial charge is 0.311 e. The summed E-state index contributed by atoms with van der Waals surface area (Å²) in [4.78, 5) is 35.7. The Balaban J connectivity index is 2.09. The Bertz CT molecular complexity index is 823. The molecule has 0 saturated carbocycles. The largest absolute Gasteiger partial charge is 0.464 e. The maximum absolute atomic E-state index is 12.9. The van der Waals surface area contributed by atoms with Crippen LogP contribution in [0.4, 0.5) is 0 Å². The van der Waals surface area contributed by atoms with E-state index in [1.165, 1.54) is 18.9 Å². The second kappa shape index (κ2) is 8.75. The minimum absolute atomic E-state index is 0.0637. The number of ether oxygens (including phenoxy) is 1. The number of nitrogens with zero attached hydrogens (tertiary/aromatic N) is 2. The second-order valence-electron chi connectivity index (χ2n) is 5.84. The first kappa shape index (κ1) is 19.8. The predicted octanol–water partition coefficient (Wildman–Crippen LogP) is 1.71. The van der Waals surface area contributed by atoms with Crippen molar-refractivity contribution in [3.8, 4) is 0 Å². The number of esters is 1. The van der Waals surface area contributed by atoms with Crippen LogP contribution in [0, 0.1) is 6.92 Å². The quantitative estimate of drug-likeness (QED) is 0.430. The topological polar surface area (TPSA) is 82.3 Å². The van der Waals surface area contributed by atoms with Crippen LogP contribution >= 0.6 is 11.9 Å².